The normalized spacial score (nSPS) is 14.4. The van der Waals surface area contributed by atoms with Crippen LogP contribution in [0.25, 0.3) is 0 Å². The number of hydrogen-bond acceptors (Lipinski definition) is 4. The Morgan fingerprint density at radius 2 is 1.69 bits per heavy atom. The van der Waals surface area contributed by atoms with Crippen molar-refractivity contribution >= 4 is 17.6 Å². The second kappa shape index (κ2) is 8.55. The summed E-state index contributed by atoms with van der Waals surface area (Å²) >= 11 is 0. The molecule has 154 valence electrons. The summed E-state index contributed by atoms with van der Waals surface area (Å²) in [5.41, 5.74) is 0.712. The average molecular weight is 397 g/mol. The molecule has 0 aromatic heterocycles. The first-order valence-electron chi connectivity index (χ1n) is 9.81. The number of aliphatic carboxylic acids is 1. The summed E-state index contributed by atoms with van der Waals surface area (Å²) < 4.78 is 11.4. The third-order valence-corrected chi connectivity index (χ3v) is 5.42. The Hall–Kier alpha value is -3.02. The first kappa shape index (κ1) is 20.7. The molecule has 2 aromatic carbocycles. The summed E-state index contributed by atoms with van der Waals surface area (Å²) in [6.07, 6.45) is 4.64. The Morgan fingerprint density at radius 3 is 2.28 bits per heavy atom. The fourth-order valence-electron chi connectivity index (χ4n) is 3.39. The number of ether oxygens (including phenoxy) is 2. The molecule has 0 aliphatic heterocycles. The number of rotatable bonds is 7. The van der Waals surface area contributed by atoms with Crippen LogP contribution in [-0.4, -0.2) is 30.2 Å². The lowest BCUT2D eigenvalue weighted by molar-refractivity contribution is -0.142. The second-order valence-electron chi connectivity index (χ2n) is 7.85. The van der Waals surface area contributed by atoms with E-state index in [1.807, 2.05) is 0 Å². The van der Waals surface area contributed by atoms with E-state index in [4.69, 9.17) is 9.47 Å². The van der Waals surface area contributed by atoms with Gasteiger partial charge in [0.25, 0.3) is 5.91 Å². The summed E-state index contributed by atoms with van der Waals surface area (Å²) in [5, 5.41) is 12.2. The zero-order valence-electron chi connectivity index (χ0n) is 17.0. The molecule has 1 aliphatic carbocycles. The van der Waals surface area contributed by atoms with Gasteiger partial charge in [-0.25, -0.2) is 0 Å². The summed E-state index contributed by atoms with van der Waals surface area (Å²) in [6, 6.07) is 12.0. The molecule has 6 heteroatoms. The lowest BCUT2D eigenvalue weighted by Gasteiger charge is -2.20. The summed E-state index contributed by atoms with van der Waals surface area (Å²) in [4.78, 5) is 24.0. The Kier molecular flexibility index (Phi) is 6.11. The Morgan fingerprint density at radius 1 is 1.03 bits per heavy atom. The smallest absolute Gasteiger partial charge is 0.313 e. The molecule has 0 radical (unpaired) electrons. The summed E-state index contributed by atoms with van der Waals surface area (Å²) in [7, 11) is 1.56. The highest BCUT2D eigenvalue weighted by Gasteiger charge is 2.29. The van der Waals surface area contributed by atoms with Crippen molar-refractivity contribution in [2.45, 2.75) is 51.0 Å². The quantitative estimate of drug-likeness (QED) is 0.711. The van der Waals surface area contributed by atoms with Gasteiger partial charge in [-0.3, -0.25) is 9.59 Å². The van der Waals surface area contributed by atoms with E-state index in [1.165, 1.54) is 12.8 Å². The van der Waals surface area contributed by atoms with Gasteiger partial charge < -0.3 is 19.9 Å². The zero-order valence-corrected chi connectivity index (χ0v) is 17.0. The van der Waals surface area contributed by atoms with E-state index < -0.39 is 11.4 Å². The van der Waals surface area contributed by atoms with Crippen LogP contribution >= 0.6 is 0 Å². The van der Waals surface area contributed by atoms with Crippen molar-refractivity contribution in [3.63, 3.8) is 0 Å². The van der Waals surface area contributed by atoms with Crippen LogP contribution in [0.15, 0.2) is 42.5 Å². The fourth-order valence-corrected chi connectivity index (χ4v) is 3.39. The van der Waals surface area contributed by atoms with Crippen LogP contribution in [0.4, 0.5) is 5.69 Å². The van der Waals surface area contributed by atoms with E-state index in [-0.39, 0.29) is 12.0 Å². The first-order valence-corrected chi connectivity index (χ1v) is 9.81. The van der Waals surface area contributed by atoms with Crippen molar-refractivity contribution in [1.82, 2.24) is 0 Å². The van der Waals surface area contributed by atoms with Crippen molar-refractivity contribution < 1.29 is 24.2 Å². The van der Waals surface area contributed by atoms with Gasteiger partial charge in [-0.1, -0.05) is 12.1 Å². The molecule has 1 amide bonds. The maximum atomic E-state index is 12.6. The number of carboxylic acid groups (broad SMARTS) is 1. The van der Waals surface area contributed by atoms with Gasteiger partial charge in [0.2, 0.25) is 0 Å². The van der Waals surface area contributed by atoms with Gasteiger partial charge in [0.15, 0.2) is 11.5 Å². The van der Waals surface area contributed by atoms with E-state index in [0.29, 0.717) is 28.3 Å². The van der Waals surface area contributed by atoms with Crippen LogP contribution < -0.4 is 14.8 Å². The highest BCUT2D eigenvalue weighted by molar-refractivity contribution is 6.04. The Labute approximate surface area is 170 Å². The molecular formula is C23H27NO5. The van der Waals surface area contributed by atoms with Crippen LogP contribution in [0, 0.1) is 0 Å². The van der Waals surface area contributed by atoms with Gasteiger partial charge in [-0.2, -0.15) is 0 Å². The van der Waals surface area contributed by atoms with Crippen LogP contribution in [0.1, 0.15) is 55.5 Å². The molecular weight excluding hydrogens is 370 g/mol. The van der Waals surface area contributed by atoms with Gasteiger partial charge in [-0.05, 0) is 75.4 Å². The SMILES string of the molecule is COc1cc(C(=O)Nc2ccc(C(C)(C)C(=O)O)cc2)ccc1OC1CCCC1. The van der Waals surface area contributed by atoms with Crippen molar-refractivity contribution in [2.75, 3.05) is 12.4 Å². The Balaban J connectivity index is 1.71. The van der Waals surface area contributed by atoms with Crippen molar-refractivity contribution in [2.24, 2.45) is 0 Å². The highest BCUT2D eigenvalue weighted by atomic mass is 16.5. The van der Waals surface area contributed by atoms with E-state index >= 15 is 0 Å². The molecule has 2 N–H and O–H groups in total. The lowest BCUT2D eigenvalue weighted by Crippen LogP contribution is -2.28. The largest absolute Gasteiger partial charge is 0.493 e. The predicted octanol–water partition coefficient (Wildman–Crippen LogP) is 4.63. The number of hydrogen-bond donors (Lipinski definition) is 2. The molecule has 0 bridgehead atoms. The Bertz CT molecular complexity index is 883. The highest BCUT2D eigenvalue weighted by Crippen LogP contribution is 2.32. The van der Waals surface area contributed by atoms with Gasteiger partial charge in [-0.15, -0.1) is 0 Å². The lowest BCUT2D eigenvalue weighted by atomic mass is 9.85. The standard InChI is InChI=1S/C23H27NO5/c1-23(2,22(26)27)16-9-11-17(12-10-16)24-21(25)15-8-13-19(20(14-15)28-3)29-18-6-4-5-7-18/h8-14,18H,4-7H2,1-3H3,(H,24,25)(H,26,27). The van der Waals surface area contributed by atoms with E-state index in [2.05, 4.69) is 5.32 Å². The van der Waals surface area contributed by atoms with Gasteiger partial charge in [0, 0.05) is 11.3 Å². The third kappa shape index (κ3) is 4.70. The molecule has 1 aliphatic rings. The van der Waals surface area contributed by atoms with Crippen LogP contribution in [0.5, 0.6) is 11.5 Å². The third-order valence-electron chi connectivity index (χ3n) is 5.42. The fraction of sp³-hybridized carbons (Fsp3) is 0.391. The molecule has 6 nitrogen and oxygen atoms in total. The number of carbonyl (C=O) groups is 2. The molecule has 2 aromatic rings. The topological polar surface area (TPSA) is 84.9 Å². The number of amides is 1. The average Bonchev–Trinajstić information content (AvgIpc) is 3.21. The number of carbonyl (C=O) groups excluding carboxylic acids is 1. The summed E-state index contributed by atoms with van der Waals surface area (Å²) in [6.45, 7) is 3.29. The van der Waals surface area contributed by atoms with E-state index in [1.54, 1.807) is 63.4 Å². The molecule has 0 unspecified atom stereocenters. The van der Waals surface area contributed by atoms with E-state index in [9.17, 15) is 14.7 Å². The van der Waals surface area contributed by atoms with Crippen molar-refractivity contribution in [1.29, 1.82) is 0 Å². The molecule has 0 spiro atoms. The zero-order chi connectivity index (χ0) is 21.0. The maximum absolute atomic E-state index is 12.6. The van der Waals surface area contributed by atoms with Gasteiger partial charge in [0.05, 0.1) is 18.6 Å². The molecule has 0 heterocycles. The minimum atomic E-state index is -0.995. The minimum absolute atomic E-state index is 0.206. The molecule has 29 heavy (non-hydrogen) atoms. The number of methoxy groups -OCH3 is 1. The molecule has 0 atom stereocenters. The predicted molar refractivity (Wildman–Crippen MR) is 111 cm³/mol. The molecule has 1 fully saturated rings. The number of benzene rings is 2. The number of anilines is 1. The molecule has 0 saturated heterocycles. The monoisotopic (exact) mass is 397 g/mol. The van der Waals surface area contributed by atoms with Gasteiger partial charge >= 0.3 is 5.97 Å². The second-order valence-corrected chi connectivity index (χ2v) is 7.85. The van der Waals surface area contributed by atoms with Crippen LogP contribution in [-0.2, 0) is 10.2 Å². The first-order chi connectivity index (χ1) is 13.8. The number of nitrogens with one attached hydrogen (secondary N) is 1. The van der Waals surface area contributed by atoms with Gasteiger partial charge in [0.1, 0.15) is 0 Å². The minimum Gasteiger partial charge on any atom is -0.493 e. The van der Waals surface area contributed by atoms with Crippen LogP contribution in [0.3, 0.4) is 0 Å². The maximum Gasteiger partial charge on any atom is 0.313 e. The molecule has 3 rings (SSSR count). The number of carboxylic acids is 1. The molecule has 1 saturated carbocycles. The van der Waals surface area contributed by atoms with E-state index in [0.717, 1.165) is 12.8 Å². The van der Waals surface area contributed by atoms with Crippen LogP contribution in [0.2, 0.25) is 0 Å². The van der Waals surface area contributed by atoms with Crippen molar-refractivity contribution in [3.05, 3.63) is 53.6 Å². The van der Waals surface area contributed by atoms with Crippen molar-refractivity contribution in [3.8, 4) is 11.5 Å². The summed E-state index contributed by atoms with van der Waals surface area (Å²) in [5.74, 6) is 0.00145.